The summed E-state index contributed by atoms with van der Waals surface area (Å²) in [5.74, 6) is 0.111. The van der Waals surface area contributed by atoms with E-state index in [9.17, 15) is 8.78 Å². The van der Waals surface area contributed by atoms with Crippen LogP contribution in [0, 0.1) is 0 Å². The number of aromatic nitrogens is 2. The predicted molar refractivity (Wildman–Crippen MR) is 34.7 cm³/mol. The summed E-state index contributed by atoms with van der Waals surface area (Å²) in [4.78, 5) is 0. The van der Waals surface area contributed by atoms with Crippen molar-refractivity contribution in [2.45, 2.75) is 6.43 Å². The highest BCUT2D eigenvalue weighted by Gasteiger charge is 2.17. The van der Waals surface area contributed by atoms with Crippen LogP contribution in [-0.4, -0.2) is 16.9 Å². The topological polar surface area (TPSA) is 27.1 Å². The van der Waals surface area contributed by atoms with E-state index in [1.54, 1.807) is 7.05 Å². The Morgan fingerprint density at radius 1 is 1.64 bits per heavy atom. The molecule has 0 aromatic carbocycles. The minimum Gasteiger partial charge on any atom is -0.481 e. The van der Waals surface area contributed by atoms with E-state index in [0.29, 0.717) is 0 Å². The first-order valence-corrected chi connectivity index (χ1v) is 3.01. The van der Waals surface area contributed by atoms with Crippen LogP contribution in [0.4, 0.5) is 8.78 Å². The largest absolute Gasteiger partial charge is 0.481 e. The fourth-order valence-electron chi connectivity index (χ4n) is 0.843. The molecule has 3 nitrogen and oxygen atoms in total. The Kier molecular flexibility index (Phi) is 2.07. The molecule has 0 aliphatic heterocycles. The van der Waals surface area contributed by atoms with Gasteiger partial charge in [-0.2, -0.15) is 5.10 Å². The van der Waals surface area contributed by atoms with E-state index in [1.165, 1.54) is 11.8 Å². The fourth-order valence-corrected chi connectivity index (χ4v) is 0.843. The third-order valence-electron chi connectivity index (χ3n) is 1.34. The molecule has 0 bridgehead atoms. The summed E-state index contributed by atoms with van der Waals surface area (Å²) in [6.07, 6.45) is -1.43. The SMILES string of the molecule is COc1c(C(F)F)cnn1C. The molecule has 0 unspecified atom stereocenters. The second-order valence-electron chi connectivity index (χ2n) is 2.03. The third-order valence-corrected chi connectivity index (χ3v) is 1.34. The molecule has 1 aromatic heterocycles. The van der Waals surface area contributed by atoms with E-state index in [-0.39, 0.29) is 11.4 Å². The first kappa shape index (κ1) is 7.97. The highest BCUT2D eigenvalue weighted by molar-refractivity contribution is 5.24. The molecule has 0 fully saturated rings. The molecule has 0 saturated carbocycles. The molecule has 0 N–H and O–H groups in total. The molecule has 1 aromatic rings. The average Bonchev–Trinajstić information content (AvgIpc) is 2.30. The molecular weight excluding hydrogens is 154 g/mol. The molecule has 0 aliphatic rings. The Morgan fingerprint density at radius 3 is 2.64 bits per heavy atom. The lowest BCUT2D eigenvalue weighted by molar-refractivity contribution is 0.146. The number of methoxy groups -OCH3 is 1. The smallest absolute Gasteiger partial charge is 0.270 e. The van der Waals surface area contributed by atoms with Crippen molar-refractivity contribution < 1.29 is 13.5 Å². The van der Waals surface area contributed by atoms with Crippen molar-refractivity contribution in [3.63, 3.8) is 0 Å². The fraction of sp³-hybridized carbons (Fsp3) is 0.500. The lowest BCUT2D eigenvalue weighted by Gasteiger charge is -2.01. The van der Waals surface area contributed by atoms with E-state index in [0.717, 1.165) is 6.20 Å². The van der Waals surface area contributed by atoms with Crippen LogP contribution in [0.2, 0.25) is 0 Å². The van der Waals surface area contributed by atoms with E-state index >= 15 is 0 Å². The Balaban J connectivity index is 3.05. The highest BCUT2D eigenvalue weighted by atomic mass is 19.3. The summed E-state index contributed by atoms with van der Waals surface area (Å²) in [7, 11) is 2.88. The van der Waals surface area contributed by atoms with Crippen LogP contribution >= 0.6 is 0 Å². The van der Waals surface area contributed by atoms with Crippen molar-refractivity contribution in [2.75, 3.05) is 7.11 Å². The zero-order valence-electron chi connectivity index (χ0n) is 6.21. The first-order chi connectivity index (χ1) is 5.16. The molecule has 1 heterocycles. The highest BCUT2D eigenvalue weighted by Crippen LogP contribution is 2.27. The summed E-state index contributed by atoms with van der Waals surface area (Å²) < 4.78 is 30.2. The van der Waals surface area contributed by atoms with Crippen molar-refractivity contribution in [3.05, 3.63) is 11.8 Å². The van der Waals surface area contributed by atoms with Crippen LogP contribution in [0.3, 0.4) is 0 Å². The summed E-state index contributed by atoms with van der Waals surface area (Å²) in [5, 5.41) is 3.62. The maximum Gasteiger partial charge on any atom is 0.270 e. The lowest BCUT2D eigenvalue weighted by Crippen LogP contribution is -1.96. The summed E-state index contributed by atoms with van der Waals surface area (Å²) in [6, 6.07) is 0. The van der Waals surface area contributed by atoms with Gasteiger partial charge in [-0.15, -0.1) is 0 Å². The quantitative estimate of drug-likeness (QED) is 0.656. The Morgan fingerprint density at radius 2 is 2.27 bits per heavy atom. The van der Waals surface area contributed by atoms with Gasteiger partial charge in [-0.3, -0.25) is 0 Å². The normalized spacial score (nSPS) is 10.6. The number of rotatable bonds is 2. The van der Waals surface area contributed by atoms with E-state index < -0.39 is 6.43 Å². The Labute approximate surface area is 62.6 Å². The molecule has 0 radical (unpaired) electrons. The van der Waals surface area contributed by atoms with Crippen LogP contribution in [0.1, 0.15) is 12.0 Å². The average molecular weight is 162 g/mol. The van der Waals surface area contributed by atoms with Gasteiger partial charge in [-0.25, -0.2) is 13.5 Å². The monoisotopic (exact) mass is 162 g/mol. The maximum absolute atomic E-state index is 12.1. The lowest BCUT2D eigenvalue weighted by atomic mass is 10.4. The van der Waals surface area contributed by atoms with Gasteiger partial charge < -0.3 is 4.74 Å². The van der Waals surface area contributed by atoms with E-state index in [1.807, 2.05) is 0 Å². The maximum atomic E-state index is 12.1. The molecule has 0 aliphatic carbocycles. The van der Waals surface area contributed by atoms with Gasteiger partial charge in [-0.05, 0) is 0 Å². The first-order valence-electron chi connectivity index (χ1n) is 3.01. The van der Waals surface area contributed by atoms with Gasteiger partial charge in [-0.1, -0.05) is 0 Å². The minimum absolute atomic E-state index is 0.111. The molecule has 0 spiro atoms. The third kappa shape index (κ3) is 1.31. The summed E-state index contributed by atoms with van der Waals surface area (Å²) in [5.41, 5.74) is -0.171. The van der Waals surface area contributed by atoms with E-state index in [4.69, 9.17) is 4.74 Å². The predicted octanol–water partition coefficient (Wildman–Crippen LogP) is 1.37. The van der Waals surface area contributed by atoms with Crippen molar-refractivity contribution >= 4 is 0 Å². The second kappa shape index (κ2) is 2.86. The van der Waals surface area contributed by atoms with Crippen LogP contribution in [0.5, 0.6) is 5.88 Å². The number of aryl methyl sites for hydroxylation is 1. The molecule has 62 valence electrons. The number of nitrogens with zero attached hydrogens (tertiary/aromatic N) is 2. The number of hydrogen-bond donors (Lipinski definition) is 0. The minimum atomic E-state index is -2.53. The molecule has 0 amide bonds. The zero-order valence-corrected chi connectivity index (χ0v) is 6.21. The van der Waals surface area contributed by atoms with Crippen LogP contribution in [0.15, 0.2) is 6.20 Å². The molecule has 11 heavy (non-hydrogen) atoms. The molecule has 1 rings (SSSR count). The van der Waals surface area contributed by atoms with Gasteiger partial charge in [0.05, 0.1) is 18.9 Å². The van der Waals surface area contributed by atoms with Gasteiger partial charge in [0.2, 0.25) is 5.88 Å². The standard InChI is InChI=1S/C6H8F2N2O/c1-10-6(11-2)4(3-9-10)5(7)8/h3,5H,1-2H3. The number of ether oxygens (including phenoxy) is 1. The number of halogens is 2. The number of hydrogen-bond acceptors (Lipinski definition) is 2. The van der Waals surface area contributed by atoms with Crippen molar-refractivity contribution in [2.24, 2.45) is 7.05 Å². The van der Waals surface area contributed by atoms with Gasteiger partial charge in [0.25, 0.3) is 6.43 Å². The van der Waals surface area contributed by atoms with Crippen LogP contribution in [0.25, 0.3) is 0 Å². The Hall–Kier alpha value is -1.13. The van der Waals surface area contributed by atoms with E-state index in [2.05, 4.69) is 5.10 Å². The molecule has 0 saturated heterocycles. The van der Waals surface area contributed by atoms with Crippen molar-refractivity contribution in [3.8, 4) is 5.88 Å². The van der Waals surface area contributed by atoms with Crippen molar-refractivity contribution in [1.29, 1.82) is 0 Å². The molecular formula is C6H8F2N2O. The summed E-state index contributed by atoms with van der Waals surface area (Å²) >= 11 is 0. The van der Waals surface area contributed by atoms with Gasteiger partial charge in [0.1, 0.15) is 0 Å². The van der Waals surface area contributed by atoms with Gasteiger partial charge in [0.15, 0.2) is 0 Å². The number of alkyl halides is 2. The molecule has 5 heteroatoms. The van der Waals surface area contributed by atoms with Crippen LogP contribution < -0.4 is 4.74 Å². The Bertz CT molecular complexity index is 247. The van der Waals surface area contributed by atoms with Crippen molar-refractivity contribution in [1.82, 2.24) is 9.78 Å². The summed E-state index contributed by atoms with van der Waals surface area (Å²) in [6.45, 7) is 0. The van der Waals surface area contributed by atoms with Crippen LogP contribution in [-0.2, 0) is 7.05 Å². The zero-order chi connectivity index (χ0) is 8.43. The second-order valence-corrected chi connectivity index (χ2v) is 2.03. The molecule has 0 atom stereocenters. The van der Waals surface area contributed by atoms with Gasteiger partial charge >= 0.3 is 0 Å². The van der Waals surface area contributed by atoms with Gasteiger partial charge in [0, 0.05) is 7.05 Å².